The number of para-hydroxylation sites is 1. The number of hydrogen-bond donors (Lipinski definition) is 0. The third kappa shape index (κ3) is 4.10. The fourth-order valence-corrected chi connectivity index (χ4v) is 5.37. The van der Waals surface area contributed by atoms with Crippen LogP contribution in [-0.2, 0) is 14.4 Å². The summed E-state index contributed by atoms with van der Waals surface area (Å²) in [5, 5.41) is 15.6. The van der Waals surface area contributed by atoms with Crippen molar-refractivity contribution in [3.8, 4) is 0 Å². The molecule has 38 heavy (non-hydrogen) atoms. The van der Waals surface area contributed by atoms with Gasteiger partial charge in [0.05, 0.1) is 17.4 Å². The molecule has 1 saturated heterocycles. The number of carbonyl (C=O) groups is 3. The van der Waals surface area contributed by atoms with Crippen molar-refractivity contribution in [2.45, 2.75) is 31.5 Å². The van der Waals surface area contributed by atoms with E-state index in [1.165, 1.54) is 10.0 Å². The molecule has 3 heterocycles. The Labute approximate surface area is 227 Å². The third-order valence-electron chi connectivity index (χ3n) is 7.04. The molecule has 0 spiro atoms. The number of imide groups is 1. The highest BCUT2D eigenvalue weighted by molar-refractivity contribution is 9.10. The highest BCUT2D eigenvalue weighted by Crippen LogP contribution is 2.36. The highest BCUT2D eigenvalue weighted by atomic mass is 79.9. The number of amides is 3. The fourth-order valence-electron chi connectivity index (χ4n) is 5.11. The largest absolute Gasteiger partial charge is 0.271 e. The first-order valence-corrected chi connectivity index (χ1v) is 13.0. The van der Waals surface area contributed by atoms with Crippen molar-refractivity contribution in [1.82, 2.24) is 10.0 Å². The van der Waals surface area contributed by atoms with Gasteiger partial charge < -0.3 is 0 Å². The summed E-state index contributed by atoms with van der Waals surface area (Å²) < 4.78 is 0.955. The van der Waals surface area contributed by atoms with Crippen molar-refractivity contribution < 1.29 is 14.4 Å². The molecule has 3 aliphatic heterocycles. The molecule has 9 nitrogen and oxygen atoms in total. The molecule has 0 saturated carbocycles. The van der Waals surface area contributed by atoms with E-state index >= 15 is 0 Å². The van der Waals surface area contributed by atoms with Crippen molar-refractivity contribution in [2.75, 3.05) is 11.4 Å². The molecule has 3 amide bonds. The maximum atomic E-state index is 13.7. The van der Waals surface area contributed by atoms with E-state index in [0.29, 0.717) is 12.1 Å². The molecule has 1 fully saturated rings. The van der Waals surface area contributed by atoms with Gasteiger partial charge in [-0.15, -0.1) is 0 Å². The van der Waals surface area contributed by atoms with Crippen LogP contribution in [0.15, 0.2) is 98.8 Å². The molecule has 0 aliphatic carbocycles. The number of aryl methyl sites for hydroxylation is 1. The zero-order valence-corrected chi connectivity index (χ0v) is 22.0. The van der Waals surface area contributed by atoms with Crippen LogP contribution < -0.4 is 4.90 Å². The Morgan fingerprint density at radius 1 is 0.947 bits per heavy atom. The standard InChI is InChI=1S/C28H23BrN6O3/c1-17-7-5-6-10-22(17)34-27(37)25-26(28(34)38)33(32-30-25)16-24(36)35-23(19-8-3-2-4-9-19)15-21(31-35)18-11-13-20(29)14-12-18/h2-14,23,25-26H,15-16H2,1H3/t23-,25-,26-/m0/s1. The second kappa shape index (κ2) is 9.60. The van der Waals surface area contributed by atoms with Gasteiger partial charge in [0.15, 0.2) is 12.1 Å². The van der Waals surface area contributed by atoms with Crippen LogP contribution in [-0.4, -0.2) is 52.1 Å². The maximum absolute atomic E-state index is 13.7. The number of rotatable bonds is 5. The minimum atomic E-state index is -0.972. The van der Waals surface area contributed by atoms with Crippen LogP contribution in [0.3, 0.4) is 0 Å². The molecule has 0 aromatic heterocycles. The van der Waals surface area contributed by atoms with E-state index in [1.54, 1.807) is 12.1 Å². The zero-order valence-electron chi connectivity index (χ0n) is 20.4. The van der Waals surface area contributed by atoms with Crippen molar-refractivity contribution in [1.29, 1.82) is 0 Å². The second-order valence-electron chi connectivity index (χ2n) is 9.41. The lowest BCUT2D eigenvalue weighted by Gasteiger charge is -2.25. The van der Waals surface area contributed by atoms with Crippen LogP contribution >= 0.6 is 15.9 Å². The Morgan fingerprint density at radius 3 is 2.39 bits per heavy atom. The van der Waals surface area contributed by atoms with Crippen LogP contribution in [0.25, 0.3) is 0 Å². The van der Waals surface area contributed by atoms with Gasteiger partial charge in [-0.3, -0.25) is 19.4 Å². The molecular weight excluding hydrogens is 548 g/mol. The van der Waals surface area contributed by atoms with Gasteiger partial charge in [0.1, 0.15) is 6.54 Å². The molecule has 6 rings (SSSR count). The monoisotopic (exact) mass is 570 g/mol. The van der Waals surface area contributed by atoms with Gasteiger partial charge in [-0.25, -0.2) is 9.91 Å². The number of nitrogens with zero attached hydrogens (tertiary/aromatic N) is 6. The Kier molecular flexibility index (Phi) is 6.11. The minimum Gasteiger partial charge on any atom is -0.271 e. The summed E-state index contributed by atoms with van der Waals surface area (Å²) in [6.45, 7) is 1.61. The molecule has 190 valence electrons. The maximum Gasteiger partial charge on any atom is 0.264 e. The summed E-state index contributed by atoms with van der Waals surface area (Å²) in [7, 11) is 0. The number of benzene rings is 3. The molecule has 0 unspecified atom stereocenters. The predicted octanol–water partition coefficient (Wildman–Crippen LogP) is 4.43. The second-order valence-corrected chi connectivity index (χ2v) is 10.3. The number of hydrogen-bond acceptors (Lipinski definition) is 7. The molecular formula is C28H23BrN6O3. The number of carbonyl (C=O) groups excluding carboxylic acids is 3. The predicted molar refractivity (Wildman–Crippen MR) is 144 cm³/mol. The van der Waals surface area contributed by atoms with E-state index in [-0.39, 0.29) is 18.5 Å². The first kappa shape index (κ1) is 24.2. The van der Waals surface area contributed by atoms with Gasteiger partial charge in [-0.2, -0.15) is 10.2 Å². The van der Waals surface area contributed by atoms with Gasteiger partial charge >= 0.3 is 0 Å². The van der Waals surface area contributed by atoms with Gasteiger partial charge in [0, 0.05) is 10.9 Å². The first-order chi connectivity index (χ1) is 18.4. The SMILES string of the molecule is Cc1ccccc1N1C(=O)[C@H]2N=NN(CC(=O)N3N=C(c4ccc(Br)cc4)C[C@H]3c3ccccc3)[C@@H]2C1=O. The van der Waals surface area contributed by atoms with E-state index in [4.69, 9.17) is 5.10 Å². The average molecular weight is 571 g/mol. The van der Waals surface area contributed by atoms with Crippen LogP contribution in [0.1, 0.15) is 29.2 Å². The molecule has 0 bridgehead atoms. The first-order valence-electron chi connectivity index (χ1n) is 12.2. The number of hydrazone groups is 1. The normalized spacial score (nSPS) is 22.3. The van der Waals surface area contributed by atoms with E-state index in [0.717, 1.165) is 31.8 Å². The number of halogens is 1. The van der Waals surface area contributed by atoms with Gasteiger partial charge in [-0.1, -0.05) is 81.8 Å². The molecule has 3 atom stereocenters. The van der Waals surface area contributed by atoms with E-state index in [2.05, 4.69) is 26.3 Å². The number of anilines is 1. The third-order valence-corrected chi connectivity index (χ3v) is 7.57. The molecule has 3 aromatic carbocycles. The lowest BCUT2D eigenvalue weighted by atomic mass is 9.98. The molecule has 0 N–H and O–H groups in total. The number of fused-ring (bicyclic) bond motifs is 1. The van der Waals surface area contributed by atoms with Crippen LogP contribution in [0.5, 0.6) is 0 Å². The summed E-state index contributed by atoms with van der Waals surface area (Å²) in [6.07, 6.45) is 0.545. The molecule has 3 aromatic rings. The van der Waals surface area contributed by atoms with E-state index in [9.17, 15) is 14.4 Å². The van der Waals surface area contributed by atoms with Crippen molar-refractivity contribution in [2.24, 2.45) is 15.4 Å². The van der Waals surface area contributed by atoms with E-state index in [1.807, 2.05) is 73.7 Å². The zero-order chi connectivity index (χ0) is 26.4. The van der Waals surface area contributed by atoms with Gasteiger partial charge in [0.25, 0.3) is 17.7 Å². The molecule has 3 aliphatic rings. The van der Waals surface area contributed by atoms with Crippen molar-refractivity contribution >= 4 is 45.1 Å². The Balaban J connectivity index is 1.26. The van der Waals surface area contributed by atoms with Crippen LogP contribution in [0.2, 0.25) is 0 Å². The fraction of sp³-hybridized carbons (Fsp3) is 0.214. The summed E-state index contributed by atoms with van der Waals surface area (Å²) in [6, 6.07) is 22.5. The Hall–Kier alpha value is -4.18. The van der Waals surface area contributed by atoms with Crippen LogP contribution in [0, 0.1) is 6.92 Å². The van der Waals surface area contributed by atoms with Crippen molar-refractivity contribution in [3.63, 3.8) is 0 Å². The van der Waals surface area contributed by atoms with Gasteiger partial charge in [0.2, 0.25) is 0 Å². The van der Waals surface area contributed by atoms with E-state index < -0.39 is 23.9 Å². The molecule has 10 heteroatoms. The topological polar surface area (TPSA) is 98.0 Å². The smallest absolute Gasteiger partial charge is 0.264 e. The van der Waals surface area contributed by atoms with Crippen molar-refractivity contribution in [3.05, 3.63) is 100 Å². The Morgan fingerprint density at radius 2 is 1.66 bits per heavy atom. The minimum absolute atomic E-state index is 0.230. The summed E-state index contributed by atoms with van der Waals surface area (Å²) >= 11 is 3.46. The lowest BCUT2D eigenvalue weighted by molar-refractivity contribution is -0.135. The Bertz CT molecular complexity index is 1490. The van der Waals surface area contributed by atoms with Crippen LogP contribution in [0.4, 0.5) is 5.69 Å². The average Bonchev–Trinajstić information content (AvgIpc) is 3.61. The summed E-state index contributed by atoms with van der Waals surface area (Å²) in [4.78, 5) is 41.3. The highest BCUT2D eigenvalue weighted by Gasteiger charge is 2.55. The van der Waals surface area contributed by atoms with Gasteiger partial charge in [-0.05, 0) is 41.8 Å². The summed E-state index contributed by atoms with van der Waals surface area (Å²) in [5.41, 5.74) is 3.99. The summed E-state index contributed by atoms with van der Waals surface area (Å²) in [5.74, 6) is -1.21. The molecule has 0 radical (unpaired) electrons. The lowest BCUT2D eigenvalue weighted by Crippen LogP contribution is -2.44. The quantitative estimate of drug-likeness (QED) is 0.424.